The molecule has 5 heteroatoms. The molecule has 0 bridgehead atoms. The summed E-state index contributed by atoms with van der Waals surface area (Å²) in [5.74, 6) is 0.327. The van der Waals surface area contributed by atoms with Crippen LogP contribution in [0.1, 0.15) is 50.1 Å². The number of aliphatic hydroxyl groups excluding tert-OH is 1. The van der Waals surface area contributed by atoms with Gasteiger partial charge in [0.25, 0.3) is 0 Å². The first kappa shape index (κ1) is 18.4. The van der Waals surface area contributed by atoms with Crippen molar-refractivity contribution in [2.45, 2.75) is 56.7 Å². The van der Waals surface area contributed by atoms with Gasteiger partial charge in [-0.1, -0.05) is 31.0 Å². The molecule has 1 aromatic heterocycles. The Balaban J connectivity index is 1.49. The fourth-order valence-electron chi connectivity index (χ4n) is 4.55. The number of hydrogen-bond donors (Lipinski definition) is 2. The highest BCUT2D eigenvalue weighted by molar-refractivity contribution is 5.80. The van der Waals surface area contributed by atoms with Gasteiger partial charge in [0, 0.05) is 17.6 Å². The lowest BCUT2D eigenvalue weighted by Gasteiger charge is -2.38. The van der Waals surface area contributed by atoms with Crippen LogP contribution in [0.25, 0.3) is 10.9 Å². The lowest BCUT2D eigenvalue weighted by atomic mass is 9.75. The quantitative estimate of drug-likeness (QED) is 0.824. The molecule has 5 nitrogen and oxygen atoms in total. The third kappa shape index (κ3) is 4.14. The number of amides is 1. The number of nitrogens with one attached hydrogen (secondary N) is 1. The van der Waals surface area contributed by atoms with E-state index in [4.69, 9.17) is 0 Å². The minimum Gasteiger partial charge on any atom is -0.393 e. The molecule has 2 saturated carbocycles. The molecule has 1 heterocycles. The van der Waals surface area contributed by atoms with Crippen LogP contribution in [0.5, 0.6) is 0 Å². The highest BCUT2D eigenvalue weighted by Gasteiger charge is 2.36. The fourth-order valence-corrected chi connectivity index (χ4v) is 4.55. The van der Waals surface area contributed by atoms with Crippen molar-refractivity contribution in [2.75, 3.05) is 13.6 Å². The molecule has 2 aromatic rings. The monoisotopic (exact) mass is 367 g/mol. The van der Waals surface area contributed by atoms with Crippen LogP contribution in [0.15, 0.2) is 36.5 Å². The lowest BCUT2D eigenvalue weighted by molar-refractivity contribution is -0.124. The maximum atomic E-state index is 12.7. The molecular weight excluding hydrogens is 338 g/mol. The summed E-state index contributed by atoms with van der Waals surface area (Å²) in [5, 5.41) is 14.1. The number of fused-ring (bicyclic) bond motifs is 1. The molecule has 2 aliphatic rings. The molecule has 27 heavy (non-hydrogen) atoms. The largest absolute Gasteiger partial charge is 0.393 e. The standard InChI is InChI=1S/C22H29N3O2/c1-25(18-7-3-4-8-18)14-21(27)24-22(16-11-19(26)12-16)17-10-15-6-2-5-9-20(15)23-13-17/h2,5-6,9-10,13,16,18-19,22,26H,3-4,7-8,11-12,14H2,1H3,(H,24,27). The van der Waals surface area contributed by atoms with Gasteiger partial charge in [0.15, 0.2) is 0 Å². The maximum absolute atomic E-state index is 12.7. The summed E-state index contributed by atoms with van der Waals surface area (Å²) in [7, 11) is 2.05. The highest BCUT2D eigenvalue weighted by Crippen LogP contribution is 2.38. The van der Waals surface area contributed by atoms with E-state index in [1.165, 1.54) is 25.7 Å². The van der Waals surface area contributed by atoms with E-state index < -0.39 is 0 Å². The molecular formula is C22H29N3O2. The van der Waals surface area contributed by atoms with Crippen molar-refractivity contribution in [3.05, 3.63) is 42.1 Å². The molecule has 1 amide bonds. The van der Waals surface area contributed by atoms with Gasteiger partial charge in [-0.15, -0.1) is 0 Å². The highest BCUT2D eigenvalue weighted by atomic mass is 16.3. The first-order valence-corrected chi connectivity index (χ1v) is 10.1. The maximum Gasteiger partial charge on any atom is 0.234 e. The number of aliphatic hydroxyl groups is 1. The Bertz CT molecular complexity index is 797. The lowest BCUT2D eigenvalue weighted by Crippen LogP contribution is -2.45. The van der Waals surface area contributed by atoms with Crippen molar-refractivity contribution in [1.29, 1.82) is 0 Å². The molecule has 144 valence electrons. The zero-order valence-electron chi connectivity index (χ0n) is 16.0. The summed E-state index contributed by atoms with van der Waals surface area (Å²) >= 11 is 0. The van der Waals surface area contributed by atoms with Crippen LogP contribution < -0.4 is 5.32 Å². The number of carbonyl (C=O) groups is 1. The van der Waals surface area contributed by atoms with Gasteiger partial charge in [0.05, 0.1) is 24.2 Å². The van der Waals surface area contributed by atoms with E-state index in [9.17, 15) is 9.90 Å². The van der Waals surface area contributed by atoms with Crippen molar-refractivity contribution in [1.82, 2.24) is 15.2 Å². The van der Waals surface area contributed by atoms with Gasteiger partial charge in [-0.2, -0.15) is 0 Å². The third-order valence-electron chi connectivity index (χ3n) is 6.25. The zero-order chi connectivity index (χ0) is 18.8. The summed E-state index contributed by atoms with van der Waals surface area (Å²) in [6, 6.07) is 10.6. The van der Waals surface area contributed by atoms with E-state index in [0.717, 1.165) is 29.3 Å². The summed E-state index contributed by atoms with van der Waals surface area (Å²) in [5.41, 5.74) is 1.99. The number of nitrogens with zero attached hydrogens (tertiary/aromatic N) is 2. The van der Waals surface area contributed by atoms with Crippen LogP contribution >= 0.6 is 0 Å². The van der Waals surface area contributed by atoms with E-state index in [1.807, 2.05) is 30.5 Å². The number of hydrogen-bond acceptors (Lipinski definition) is 4. The molecule has 0 radical (unpaired) electrons. The molecule has 0 saturated heterocycles. The number of aromatic nitrogens is 1. The average molecular weight is 367 g/mol. The number of benzene rings is 1. The summed E-state index contributed by atoms with van der Waals surface area (Å²) in [6.45, 7) is 0.428. The van der Waals surface area contributed by atoms with Gasteiger partial charge >= 0.3 is 0 Å². The molecule has 0 spiro atoms. The van der Waals surface area contributed by atoms with Crippen molar-refractivity contribution in [2.24, 2.45) is 5.92 Å². The number of para-hydroxylation sites is 1. The zero-order valence-corrected chi connectivity index (χ0v) is 16.0. The molecule has 4 rings (SSSR count). The Kier molecular flexibility index (Phi) is 5.41. The van der Waals surface area contributed by atoms with Crippen LogP contribution in [0, 0.1) is 5.92 Å². The molecule has 2 fully saturated rings. The van der Waals surface area contributed by atoms with E-state index in [2.05, 4.69) is 28.3 Å². The third-order valence-corrected chi connectivity index (χ3v) is 6.25. The van der Waals surface area contributed by atoms with Gasteiger partial charge < -0.3 is 10.4 Å². The molecule has 1 unspecified atom stereocenters. The van der Waals surface area contributed by atoms with Gasteiger partial charge in [0.2, 0.25) is 5.91 Å². The topological polar surface area (TPSA) is 65.5 Å². The summed E-state index contributed by atoms with van der Waals surface area (Å²) in [4.78, 5) is 19.5. The van der Waals surface area contributed by atoms with Gasteiger partial charge in [-0.25, -0.2) is 0 Å². The van der Waals surface area contributed by atoms with E-state index >= 15 is 0 Å². The second-order valence-electron chi connectivity index (χ2n) is 8.25. The SMILES string of the molecule is CN(CC(=O)NC(c1cnc2ccccc2c1)C1CC(O)C1)C1CCCC1. The van der Waals surface area contributed by atoms with E-state index in [-0.39, 0.29) is 24.0 Å². The Morgan fingerprint density at radius 3 is 2.78 bits per heavy atom. The first-order valence-electron chi connectivity index (χ1n) is 10.1. The van der Waals surface area contributed by atoms with Crippen LogP contribution in [0.2, 0.25) is 0 Å². The van der Waals surface area contributed by atoms with Gasteiger partial charge in [0.1, 0.15) is 0 Å². The average Bonchev–Trinajstić information content (AvgIpc) is 3.18. The number of carbonyl (C=O) groups excluding carboxylic acids is 1. The molecule has 1 atom stereocenters. The smallest absolute Gasteiger partial charge is 0.234 e. The van der Waals surface area contributed by atoms with E-state index in [0.29, 0.717) is 12.6 Å². The van der Waals surface area contributed by atoms with Crippen molar-refractivity contribution < 1.29 is 9.90 Å². The predicted molar refractivity (Wildman–Crippen MR) is 106 cm³/mol. The Morgan fingerprint density at radius 1 is 1.30 bits per heavy atom. The van der Waals surface area contributed by atoms with Crippen molar-refractivity contribution >= 4 is 16.8 Å². The number of likely N-dealkylation sites (N-methyl/N-ethyl adjacent to an activating group) is 1. The van der Waals surface area contributed by atoms with E-state index in [1.54, 1.807) is 0 Å². The van der Waals surface area contributed by atoms with Crippen LogP contribution in [-0.4, -0.2) is 46.6 Å². The fraction of sp³-hybridized carbons (Fsp3) is 0.545. The molecule has 0 aliphatic heterocycles. The van der Waals surface area contributed by atoms with Crippen molar-refractivity contribution in [3.63, 3.8) is 0 Å². The molecule has 1 aromatic carbocycles. The Labute approximate surface area is 160 Å². The van der Waals surface area contributed by atoms with Crippen molar-refractivity contribution in [3.8, 4) is 0 Å². The first-order chi connectivity index (χ1) is 13.1. The molecule has 2 N–H and O–H groups in total. The number of pyridine rings is 1. The predicted octanol–water partition coefficient (Wildman–Crippen LogP) is 3.04. The normalized spacial score (nSPS) is 24.1. The van der Waals surface area contributed by atoms with Gasteiger partial charge in [-0.05, 0) is 56.3 Å². The summed E-state index contributed by atoms with van der Waals surface area (Å²) in [6.07, 6.45) is 8.01. The summed E-state index contributed by atoms with van der Waals surface area (Å²) < 4.78 is 0. The van der Waals surface area contributed by atoms with Crippen LogP contribution in [0.3, 0.4) is 0 Å². The Hall–Kier alpha value is -1.98. The van der Waals surface area contributed by atoms with Crippen LogP contribution in [-0.2, 0) is 4.79 Å². The second kappa shape index (κ2) is 7.95. The van der Waals surface area contributed by atoms with Crippen LogP contribution in [0.4, 0.5) is 0 Å². The molecule has 2 aliphatic carbocycles. The minimum absolute atomic E-state index is 0.0592. The Morgan fingerprint density at radius 2 is 2.04 bits per heavy atom. The minimum atomic E-state index is -0.246. The number of rotatable bonds is 6. The second-order valence-corrected chi connectivity index (χ2v) is 8.25. The van der Waals surface area contributed by atoms with Gasteiger partial charge in [-0.3, -0.25) is 14.7 Å².